The number of allylic oxidation sites excluding steroid dienone is 4. The van der Waals surface area contributed by atoms with E-state index in [4.69, 9.17) is 14.2 Å². The van der Waals surface area contributed by atoms with Gasteiger partial charge < -0.3 is 14.2 Å². The quantitative estimate of drug-likeness (QED) is 0.0261. The van der Waals surface area contributed by atoms with Crippen LogP contribution in [0.2, 0.25) is 0 Å². The molecule has 0 radical (unpaired) electrons. The summed E-state index contributed by atoms with van der Waals surface area (Å²) in [5, 5.41) is 0. The summed E-state index contributed by atoms with van der Waals surface area (Å²) in [6.45, 7) is 6.69. The summed E-state index contributed by atoms with van der Waals surface area (Å²) < 4.78 is 16.9. The maximum Gasteiger partial charge on any atom is 0.306 e. The van der Waals surface area contributed by atoms with E-state index in [0.29, 0.717) is 19.3 Å². The maximum atomic E-state index is 12.9. The standard InChI is InChI=1S/C65H122O6/c1-4-7-10-13-16-19-22-25-28-30-32-33-34-36-37-40-43-46-49-52-55-58-64(67)70-61-62(60-69-63(66)57-54-51-48-45-42-39-27-24-21-18-15-12-9-6-3)71-65(68)59-56-53-50-47-44-41-38-35-31-29-26-23-20-17-14-11-8-5-2/h22,25,30,32,62H,4-21,23-24,26-29,31,33-61H2,1-3H3/b25-22-,32-30-. The Bertz CT molecular complexity index is 1150. The maximum absolute atomic E-state index is 12.9. The predicted octanol–water partition coefficient (Wildman–Crippen LogP) is 21.4. The van der Waals surface area contributed by atoms with Crippen LogP contribution in [0.4, 0.5) is 0 Å². The average Bonchev–Trinajstić information content (AvgIpc) is 3.37. The molecule has 0 N–H and O–H groups in total. The Morgan fingerprint density at radius 3 is 0.775 bits per heavy atom. The van der Waals surface area contributed by atoms with Crippen LogP contribution in [0.1, 0.15) is 355 Å². The highest BCUT2D eigenvalue weighted by atomic mass is 16.6. The summed E-state index contributed by atoms with van der Waals surface area (Å²) in [7, 11) is 0. The first kappa shape index (κ1) is 68.9. The second-order valence-electron chi connectivity index (χ2n) is 21.7. The minimum atomic E-state index is -0.768. The molecule has 0 aromatic heterocycles. The van der Waals surface area contributed by atoms with Crippen molar-refractivity contribution in [2.45, 2.75) is 361 Å². The predicted molar refractivity (Wildman–Crippen MR) is 307 cm³/mol. The Kier molecular flexibility index (Phi) is 58.6. The lowest BCUT2D eigenvalue weighted by molar-refractivity contribution is -0.167. The van der Waals surface area contributed by atoms with E-state index >= 15 is 0 Å². The third-order valence-corrected chi connectivity index (χ3v) is 14.5. The first-order valence-electron chi connectivity index (χ1n) is 31.8. The molecule has 1 atom stereocenters. The van der Waals surface area contributed by atoms with E-state index in [9.17, 15) is 14.4 Å². The summed E-state index contributed by atoms with van der Waals surface area (Å²) in [5.41, 5.74) is 0. The van der Waals surface area contributed by atoms with Crippen molar-refractivity contribution < 1.29 is 28.6 Å². The van der Waals surface area contributed by atoms with Crippen LogP contribution >= 0.6 is 0 Å². The molecule has 6 heteroatoms. The van der Waals surface area contributed by atoms with Gasteiger partial charge in [-0.05, 0) is 51.4 Å². The van der Waals surface area contributed by atoms with Crippen LogP contribution in [-0.2, 0) is 28.6 Å². The van der Waals surface area contributed by atoms with Gasteiger partial charge in [-0.15, -0.1) is 0 Å². The van der Waals surface area contributed by atoms with Crippen LogP contribution in [0.3, 0.4) is 0 Å². The fraction of sp³-hybridized carbons (Fsp3) is 0.892. The van der Waals surface area contributed by atoms with E-state index in [2.05, 4.69) is 45.1 Å². The van der Waals surface area contributed by atoms with Gasteiger partial charge in [-0.1, -0.05) is 308 Å². The van der Waals surface area contributed by atoms with Crippen LogP contribution < -0.4 is 0 Å². The normalized spacial score (nSPS) is 12.1. The Labute approximate surface area is 443 Å². The zero-order valence-corrected chi connectivity index (χ0v) is 48.0. The van der Waals surface area contributed by atoms with Gasteiger partial charge in [-0.25, -0.2) is 0 Å². The number of rotatable bonds is 59. The molecule has 1 unspecified atom stereocenters. The SMILES string of the molecule is CCCCCCC/C=C\C/C=C\CCCCCCCCCCCC(=O)OCC(COC(=O)CCCCCCCCCCCCCCCC)OC(=O)CCCCCCCCCCCCCCCCCCCC. The van der Waals surface area contributed by atoms with Gasteiger partial charge in [-0.3, -0.25) is 14.4 Å². The second-order valence-corrected chi connectivity index (χ2v) is 21.7. The molecule has 0 aromatic rings. The van der Waals surface area contributed by atoms with Crippen LogP contribution in [-0.4, -0.2) is 37.2 Å². The van der Waals surface area contributed by atoms with Crippen molar-refractivity contribution in [3.63, 3.8) is 0 Å². The van der Waals surface area contributed by atoms with Crippen molar-refractivity contribution in [1.82, 2.24) is 0 Å². The van der Waals surface area contributed by atoms with Gasteiger partial charge >= 0.3 is 17.9 Å². The molecule has 0 aliphatic heterocycles. The molecule has 0 bridgehead atoms. The van der Waals surface area contributed by atoms with Crippen molar-refractivity contribution in [3.8, 4) is 0 Å². The van der Waals surface area contributed by atoms with Gasteiger partial charge in [-0.2, -0.15) is 0 Å². The lowest BCUT2D eigenvalue weighted by atomic mass is 10.0. The fourth-order valence-corrected chi connectivity index (χ4v) is 9.65. The molecule has 0 heterocycles. The summed E-state index contributed by atoms with van der Waals surface area (Å²) in [6, 6.07) is 0. The first-order valence-corrected chi connectivity index (χ1v) is 31.8. The van der Waals surface area contributed by atoms with Crippen LogP contribution in [0.25, 0.3) is 0 Å². The number of esters is 3. The highest BCUT2D eigenvalue weighted by molar-refractivity contribution is 5.71. The lowest BCUT2D eigenvalue weighted by Crippen LogP contribution is -2.30. The van der Waals surface area contributed by atoms with Gasteiger partial charge in [0, 0.05) is 19.3 Å². The number of carbonyl (C=O) groups excluding carboxylic acids is 3. The van der Waals surface area contributed by atoms with E-state index in [0.717, 1.165) is 64.2 Å². The van der Waals surface area contributed by atoms with Crippen LogP contribution in [0.15, 0.2) is 24.3 Å². The number of hydrogen-bond donors (Lipinski definition) is 0. The third-order valence-electron chi connectivity index (χ3n) is 14.5. The molecule has 71 heavy (non-hydrogen) atoms. The van der Waals surface area contributed by atoms with Gasteiger partial charge in [0.1, 0.15) is 13.2 Å². The lowest BCUT2D eigenvalue weighted by Gasteiger charge is -2.18. The van der Waals surface area contributed by atoms with Gasteiger partial charge in [0.15, 0.2) is 6.10 Å². The zero-order chi connectivity index (χ0) is 51.4. The molecule has 0 fully saturated rings. The summed E-state index contributed by atoms with van der Waals surface area (Å²) in [5.74, 6) is -0.843. The monoisotopic (exact) mass is 999 g/mol. The number of unbranched alkanes of at least 4 members (excludes halogenated alkanes) is 44. The molecule has 0 rings (SSSR count). The molecule has 0 saturated carbocycles. The zero-order valence-electron chi connectivity index (χ0n) is 48.0. The van der Waals surface area contributed by atoms with Gasteiger partial charge in [0.2, 0.25) is 0 Å². The van der Waals surface area contributed by atoms with E-state index in [1.54, 1.807) is 0 Å². The molecule has 0 aliphatic rings. The van der Waals surface area contributed by atoms with Crippen LogP contribution in [0.5, 0.6) is 0 Å². The molecule has 0 aromatic carbocycles. The Morgan fingerprint density at radius 2 is 0.507 bits per heavy atom. The number of hydrogen-bond acceptors (Lipinski definition) is 6. The molecular weight excluding hydrogens is 877 g/mol. The van der Waals surface area contributed by atoms with E-state index < -0.39 is 6.10 Å². The third kappa shape index (κ3) is 58.7. The smallest absolute Gasteiger partial charge is 0.306 e. The minimum absolute atomic E-state index is 0.0662. The highest BCUT2D eigenvalue weighted by Gasteiger charge is 2.19. The van der Waals surface area contributed by atoms with Gasteiger partial charge in [0.05, 0.1) is 0 Å². The van der Waals surface area contributed by atoms with Gasteiger partial charge in [0.25, 0.3) is 0 Å². The second kappa shape index (κ2) is 60.4. The first-order chi connectivity index (χ1) is 35.0. The van der Waals surface area contributed by atoms with Crippen LogP contribution in [0, 0.1) is 0 Å². The van der Waals surface area contributed by atoms with Crippen molar-refractivity contribution >= 4 is 17.9 Å². The van der Waals surface area contributed by atoms with E-state index in [1.165, 1.54) is 250 Å². The molecule has 0 saturated heterocycles. The Morgan fingerprint density at radius 1 is 0.282 bits per heavy atom. The molecule has 6 nitrogen and oxygen atoms in total. The Balaban J connectivity index is 4.30. The number of ether oxygens (including phenoxy) is 3. The average molecular weight is 1000 g/mol. The van der Waals surface area contributed by atoms with E-state index in [-0.39, 0.29) is 31.1 Å². The van der Waals surface area contributed by atoms with Crippen molar-refractivity contribution in [1.29, 1.82) is 0 Å². The molecule has 418 valence electrons. The largest absolute Gasteiger partial charge is 0.462 e. The Hall–Kier alpha value is -2.11. The topological polar surface area (TPSA) is 78.9 Å². The number of carbonyl (C=O) groups is 3. The highest BCUT2D eigenvalue weighted by Crippen LogP contribution is 2.18. The van der Waals surface area contributed by atoms with Crippen molar-refractivity contribution in [2.24, 2.45) is 0 Å². The van der Waals surface area contributed by atoms with Crippen molar-refractivity contribution in [2.75, 3.05) is 13.2 Å². The molecular formula is C65H122O6. The summed E-state index contributed by atoms with van der Waals surface area (Å²) >= 11 is 0. The summed E-state index contributed by atoms with van der Waals surface area (Å²) in [4.78, 5) is 38.3. The molecule has 0 spiro atoms. The fourth-order valence-electron chi connectivity index (χ4n) is 9.65. The molecule has 0 aliphatic carbocycles. The van der Waals surface area contributed by atoms with E-state index in [1.807, 2.05) is 0 Å². The summed E-state index contributed by atoms with van der Waals surface area (Å²) in [6.07, 6.45) is 71.8. The molecule has 0 amide bonds. The minimum Gasteiger partial charge on any atom is -0.462 e. The van der Waals surface area contributed by atoms with Crippen molar-refractivity contribution in [3.05, 3.63) is 24.3 Å².